The number of methoxy groups -OCH3 is 1. The second-order valence-corrected chi connectivity index (χ2v) is 4.43. The second kappa shape index (κ2) is 9.13. The Bertz CT molecular complexity index is 473. The summed E-state index contributed by atoms with van der Waals surface area (Å²) in [6.45, 7) is 5.73. The summed E-state index contributed by atoms with van der Waals surface area (Å²) in [5.41, 5.74) is 0.503. The van der Waals surface area contributed by atoms with Gasteiger partial charge in [0.1, 0.15) is 24.3 Å². The zero-order valence-corrected chi connectivity index (χ0v) is 12.4. The Balaban J connectivity index is 2.88. The molecule has 0 fully saturated rings. The monoisotopic (exact) mass is 296 g/mol. The summed E-state index contributed by atoms with van der Waals surface area (Å²) < 4.78 is 29.4. The van der Waals surface area contributed by atoms with Gasteiger partial charge in [-0.15, -0.1) is 6.58 Å². The Morgan fingerprint density at radius 1 is 1.48 bits per heavy atom. The van der Waals surface area contributed by atoms with Crippen LogP contribution in [-0.4, -0.2) is 26.3 Å². The minimum Gasteiger partial charge on any atom is -0.496 e. The van der Waals surface area contributed by atoms with E-state index in [0.29, 0.717) is 24.2 Å². The summed E-state index contributed by atoms with van der Waals surface area (Å²) in [6, 6.07) is 4.14. The smallest absolute Gasteiger partial charge is 0.305 e. The van der Waals surface area contributed by atoms with Gasteiger partial charge in [0.05, 0.1) is 13.7 Å². The largest absolute Gasteiger partial charge is 0.496 e. The van der Waals surface area contributed by atoms with Crippen LogP contribution in [0.2, 0.25) is 0 Å². The van der Waals surface area contributed by atoms with Crippen LogP contribution in [0, 0.1) is 5.82 Å². The molecule has 0 bridgehead atoms. The van der Waals surface area contributed by atoms with Gasteiger partial charge in [-0.1, -0.05) is 13.0 Å². The molecule has 0 amide bonds. The van der Waals surface area contributed by atoms with Crippen molar-refractivity contribution in [2.75, 3.05) is 20.3 Å². The summed E-state index contributed by atoms with van der Waals surface area (Å²) in [7, 11) is 1.49. The highest BCUT2D eigenvalue weighted by molar-refractivity contribution is 5.69. The Kier molecular flexibility index (Phi) is 7.46. The number of rotatable bonds is 9. The third kappa shape index (κ3) is 5.55. The van der Waals surface area contributed by atoms with Crippen LogP contribution in [0.5, 0.6) is 5.75 Å². The van der Waals surface area contributed by atoms with Gasteiger partial charge >= 0.3 is 5.97 Å². The normalized spacial score (nSPS) is 11.8. The molecule has 0 aromatic heterocycles. The van der Waals surface area contributed by atoms with E-state index in [0.717, 1.165) is 0 Å². The summed E-state index contributed by atoms with van der Waals surface area (Å²) in [4.78, 5) is 11.5. The average Bonchev–Trinajstić information content (AvgIpc) is 2.47. The zero-order chi connectivity index (χ0) is 15.7. The third-order valence-corrected chi connectivity index (χ3v) is 2.80. The molecule has 0 heterocycles. The molecule has 116 valence electrons. The fourth-order valence-electron chi connectivity index (χ4n) is 1.81. The number of carbonyl (C=O) groups is 1. The predicted octanol–water partition coefficient (Wildman–Crippen LogP) is 3.42. The van der Waals surface area contributed by atoms with Crippen LogP contribution in [0.25, 0.3) is 0 Å². The summed E-state index contributed by atoms with van der Waals surface area (Å²) >= 11 is 0. The molecular weight excluding hydrogens is 275 g/mol. The van der Waals surface area contributed by atoms with Gasteiger partial charge in [-0.25, -0.2) is 4.39 Å². The number of ether oxygens (including phenoxy) is 3. The lowest BCUT2D eigenvalue weighted by Crippen LogP contribution is -2.16. The van der Waals surface area contributed by atoms with Gasteiger partial charge in [-0.3, -0.25) is 4.79 Å². The van der Waals surface area contributed by atoms with Gasteiger partial charge in [0.2, 0.25) is 0 Å². The molecule has 1 atom stereocenters. The number of esters is 1. The Labute approximate surface area is 124 Å². The molecule has 0 unspecified atom stereocenters. The molecule has 5 heteroatoms. The molecule has 1 aromatic carbocycles. The van der Waals surface area contributed by atoms with E-state index < -0.39 is 11.9 Å². The predicted molar refractivity (Wildman–Crippen MR) is 77.7 cm³/mol. The molecule has 0 aliphatic heterocycles. The lowest BCUT2D eigenvalue weighted by atomic mass is 10.1. The number of halogens is 1. The van der Waals surface area contributed by atoms with E-state index in [4.69, 9.17) is 14.2 Å². The van der Waals surface area contributed by atoms with Crippen LogP contribution in [0.15, 0.2) is 30.9 Å². The molecule has 0 spiro atoms. The van der Waals surface area contributed by atoms with Gasteiger partial charge in [0, 0.05) is 12.0 Å². The minimum atomic E-state index is -0.602. The van der Waals surface area contributed by atoms with Crippen LogP contribution >= 0.6 is 0 Å². The van der Waals surface area contributed by atoms with E-state index in [9.17, 15) is 9.18 Å². The standard InChI is InChI=1S/C16H21FO4/c1-4-6-16(18)21-11-15(20-9-5-2)13-10-12(17)7-8-14(13)19-3/h5,7-8,10,15H,2,4,6,9,11H2,1,3H3/t15-/m0/s1. The lowest BCUT2D eigenvalue weighted by molar-refractivity contribution is -0.147. The zero-order valence-electron chi connectivity index (χ0n) is 12.4. The van der Waals surface area contributed by atoms with Crippen molar-refractivity contribution in [1.29, 1.82) is 0 Å². The number of hydrogen-bond acceptors (Lipinski definition) is 4. The van der Waals surface area contributed by atoms with Crippen molar-refractivity contribution >= 4 is 5.97 Å². The van der Waals surface area contributed by atoms with Crippen LogP contribution in [-0.2, 0) is 14.3 Å². The van der Waals surface area contributed by atoms with Crippen molar-refractivity contribution in [2.24, 2.45) is 0 Å². The van der Waals surface area contributed by atoms with Gasteiger partial charge in [0.25, 0.3) is 0 Å². The number of benzene rings is 1. The first-order valence-electron chi connectivity index (χ1n) is 6.83. The summed E-state index contributed by atoms with van der Waals surface area (Å²) in [6.07, 6.45) is 2.02. The molecule has 0 radical (unpaired) electrons. The topological polar surface area (TPSA) is 44.8 Å². The van der Waals surface area contributed by atoms with E-state index in [-0.39, 0.29) is 19.2 Å². The van der Waals surface area contributed by atoms with Crippen molar-refractivity contribution in [3.05, 3.63) is 42.2 Å². The molecule has 4 nitrogen and oxygen atoms in total. The molecule has 0 aliphatic rings. The highest BCUT2D eigenvalue weighted by atomic mass is 19.1. The molecule has 21 heavy (non-hydrogen) atoms. The van der Waals surface area contributed by atoms with Gasteiger partial charge in [-0.2, -0.15) is 0 Å². The summed E-state index contributed by atoms with van der Waals surface area (Å²) in [5.74, 6) is -0.227. The first-order valence-corrected chi connectivity index (χ1v) is 6.83. The van der Waals surface area contributed by atoms with Gasteiger partial charge in [-0.05, 0) is 24.6 Å². The van der Waals surface area contributed by atoms with E-state index in [2.05, 4.69) is 6.58 Å². The maximum Gasteiger partial charge on any atom is 0.305 e. The van der Waals surface area contributed by atoms with Crippen LogP contribution in [0.3, 0.4) is 0 Å². The summed E-state index contributed by atoms with van der Waals surface area (Å²) in [5, 5.41) is 0. The highest BCUT2D eigenvalue weighted by Gasteiger charge is 2.19. The molecular formula is C16H21FO4. The maximum atomic E-state index is 13.4. The van der Waals surface area contributed by atoms with Crippen molar-refractivity contribution < 1.29 is 23.4 Å². The Morgan fingerprint density at radius 2 is 2.24 bits per heavy atom. The highest BCUT2D eigenvalue weighted by Crippen LogP contribution is 2.29. The molecule has 0 aliphatic carbocycles. The minimum absolute atomic E-state index is 0.00644. The lowest BCUT2D eigenvalue weighted by Gasteiger charge is -2.20. The van der Waals surface area contributed by atoms with Crippen LogP contribution in [0.4, 0.5) is 4.39 Å². The Hall–Kier alpha value is -1.88. The fraction of sp³-hybridized carbons (Fsp3) is 0.438. The first kappa shape index (κ1) is 17.2. The Morgan fingerprint density at radius 3 is 2.86 bits per heavy atom. The second-order valence-electron chi connectivity index (χ2n) is 4.43. The van der Waals surface area contributed by atoms with Crippen molar-refractivity contribution in [3.63, 3.8) is 0 Å². The van der Waals surface area contributed by atoms with E-state index in [1.165, 1.54) is 25.3 Å². The van der Waals surface area contributed by atoms with Crippen molar-refractivity contribution in [1.82, 2.24) is 0 Å². The fourth-order valence-corrected chi connectivity index (χ4v) is 1.81. The number of hydrogen-bond donors (Lipinski definition) is 0. The van der Waals surface area contributed by atoms with Gasteiger partial charge < -0.3 is 14.2 Å². The number of carbonyl (C=O) groups excluding carboxylic acids is 1. The van der Waals surface area contributed by atoms with Gasteiger partial charge in [0.15, 0.2) is 0 Å². The molecule has 0 saturated carbocycles. The van der Waals surface area contributed by atoms with Crippen molar-refractivity contribution in [2.45, 2.75) is 25.9 Å². The van der Waals surface area contributed by atoms with Crippen LogP contribution < -0.4 is 4.74 Å². The first-order chi connectivity index (χ1) is 10.1. The molecule has 0 N–H and O–H groups in total. The van der Waals surface area contributed by atoms with E-state index in [1.54, 1.807) is 6.08 Å². The SMILES string of the molecule is C=CCO[C@@H](COC(=O)CCC)c1cc(F)ccc1OC. The van der Waals surface area contributed by atoms with E-state index >= 15 is 0 Å². The quantitative estimate of drug-likeness (QED) is 0.517. The molecule has 0 saturated heterocycles. The molecule has 1 rings (SSSR count). The van der Waals surface area contributed by atoms with Crippen LogP contribution in [0.1, 0.15) is 31.4 Å². The molecule has 1 aromatic rings. The maximum absolute atomic E-state index is 13.4. The average molecular weight is 296 g/mol. The van der Waals surface area contributed by atoms with Crippen molar-refractivity contribution in [3.8, 4) is 5.75 Å². The third-order valence-electron chi connectivity index (χ3n) is 2.80. The van der Waals surface area contributed by atoms with E-state index in [1.807, 2.05) is 6.92 Å².